The van der Waals surface area contributed by atoms with Gasteiger partial charge in [0.15, 0.2) is 9.84 Å². The first-order valence-electron chi connectivity index (χ1n) is 7.59. The zero-order chi connectivity index (χ0) is 14.9. The molecule has 0 bridgehead atoms. The molecule has 0 spiro atoms. The lowest BCUT2D eigenvalue weighted by Crippen LogP contribution is -2.58. The van der Waals surface area contributed by atoms with Gasteiger partial charge in [-0.25, -0.2) is 8.42 Å². The topological polar surface area (TPSA) is 67.6 Å². The van der Waals surface area contributed by atoms with E-state index in [1.165, 1.54) is 12.7 Å². The Hall–Kier alpha value is -1.30. The second-order valence-electron chi connectivity index (χ2n) is 6.09. The fourth-order valence-electron chi connectivity index (χ4n) is 3.16. The molecule has 1 aromatic rings. The Bertz CT molecular complexity index is 581. The first kappa shape index (κ1) is 14.6. The Morgan fingerprint density at radius 1 is 1.24 bits per heavy atom. The normalized spacial score (nSPS) is 21.2. The third-order valence-electron chi connectivity index (χ3n) is 4.55. The smallest absolute Gasteiger partial charge is 0.225 e. The number of hydrogen-bond acceptors (Lipinski definition) is 4. The first-order chi connectivity index (χ1) is 10.1. The molecule has 2 heterocycles. The zero-order valence-electron chi connectivity index (χ0n) is 12.0. The van der Waals surface area contributed by atoms with Crippen LogP contribution in [0.15, 0.2) is 22.8 Å². The average Bonchev–Trinajstić information content (AvgIpc) is 2.89. The maximum absolute atomic E-state index is 12.3. The van der Waals surface area contributed by atoms with Gasteiger partial charge in [0.25, 0.3) is 0 Å². The monoisotopic (exact) mass is 311 g/mol. The van der Waals surface area contributed by atoms with Crippen LogP contribution < -0.4 is 0 Å². The molecule has 5 nitrogen and oxygen atoms in total. The van der Waals surface area contributed by atoms with Crippen molar-refractivity contribution in [1.29, 1.82) is 0 Å². The maximum atomic E-state index is 12.3. The fraction of sp³-hybridized carbons (Fsp3) is 0.667. The number of carbonyl (C=O) groups excluding carboxylic acids is 1. The Labute approximate surface area is 125 Å². The number of amides is 1. The molecule has 0 unspecified atom stereocenters. The third-order valence-corrected chi connectivity index (χ3v) is 6.55. The standard InChI is InChI=1S/C15H21NO4S/c17-15(12-5-2-1-3-6-12)16-9-14(10-16)21(18,19)11-13-7-4-8-20-13/h4,7-8,12,14H,1-3,5-6,9-11H2. The Balaban J connectivity index is 1.53. The summed E-state index contributed by atoms with van der Waals surface area (Å²) in [5.74, 6) is 0.662. The summed E-state index contributed by atoms with van der Waals surface area (Å²) in [5, 5.41) is -0.435. The molecule has 2 aliphatic rings. The SMILES string of the molecule is O=C(C1CCCCC1)N1CC(S(=O)(=O)Cc2ccco2)C1. The maximum Gasteiger partial charge on any atom is 0.225 e. The summed E-state index contributed by atoms with van der Waals surface area (Å²) in [7, 11) is -3.23. The van der Waals surface area contributed by atoms with Crippen molar-refractivity contribution >= 4 is 15.7 Å². The number of sulfone groups is 1. The highest BCUT2D eigenvalue weighted by atomic mass is 32.2. The van der Waals surface area contributed by atoms with Crippen LogP contribution in [0.4, 0.5) is 0 Å². The third kappa shape index (κ3) is 3.15. The lowest BCUT2D eigenvalue weighted by Gasteiger charge is -2.41. The van der Waals surface area contributed by atoms with E-state index in [0.29, 0.717) is 18.8 Å². The van der Waals surface area contributed by atoms with Crippen molar-refractivity contribution in [1.82, 2.24) is 4.90 Å². The van der Waals surface area contributed by atoms with Crippen LogP contribution in [0.2, 0.25) is 0 Å². The molecule has 0 atom stereocenters. The molecule has 1 aliphatic heterocycles. The van der Waals surface area contributed by atoms with Gasteiger partial charge in [0.05, 0.1) is 11.5 Å². The molecule has 1 amide bonds. The van der Waals surface area contributed by atoms with Gasteiger partial charge in [0.2, 0.25) is 5.91 Å². The van der Waals surface area contributed by atoms with Gasteiger partial charge in [0.1, 0.15) is 11.5 Å². The summed E-state index contributed by atoms with van der Waals surface area (Å²) < 4.78 is 29.6. The Morgan fingerprint density at radius 3 is 2.57 bits per heavy atom. The second kappa shape index (κ2) is 5.83. The van der Waals surface area contributed by atoms with E-state index in [1.807, 2.05) is 0 Å². The van der Waals surface area contributed by atoms with Crippen LogP contribution in [0.3, 0.4) is 0 Å². The molecule has 116 valence electrons. The number of nitrogens with zero attached hydrogens (tertiary/aromatic N) is 1. The molecule has 6 heteroatoms. The van der Waals surface area contributed by atoms with Crippen molar-refractivity contribution in [2.45, 2.75) is 43.1 Å². The number of carbonyl (C=O) groups is 1. The molecular formula is C15H21NO4S. The van der Waals surface area contributed by atoms with Crippen LogP contribution in [0.5, 0.6) is 0 Å². The molecule has 0 radical (unpaired) electrons. The number of likely N-dealkylation sites (tertiary alicyclic amines) is 1. The Morgan fingerprint density at radius 2 is 1.95 bits per heavy atom. The molecule has 1 aromatic heterocycles. The molecule has 3 rings (SSSR count). The largest absolute Gasteiger partial charge is 0.468 e. The van der Waals surface area contributed by atoms with Crippen molar-refractivity contribution in [3.8, 4) is 0 Å². The second-order valence-corrected chi connectivity index (χ2v) is 8.37. The molecule has 21 heavy (non-hydrogen) atoms. The van der Waals surface area contributed by atoms with E-state index in [1.54, 1.807) is 17.0 Å². The van der Waals surface area contributed by atoms with Crippen LogP contribution in [-0.2, 0) is 20.4 Å². The lowest BCUT2D eigenvalue weighted by molar-refractivity contribution is -0.139. The minimum Gasteiger partial charge on any atom is -0.468 e. The summed E-state index contributed by atoms with van der Waals surface area (Å²) >= 11 is 0. The summed E-state index contributed by atoms with van der Waals surface area (Å²) in [6.45, 7) is 0.691. The molecular weight excluding hydrogens is 290 g/mol. The van der Waals surface area contributed by atoms with Crippen LogP contribution in [0.25, 0.3) is 0 Å². The molecule has 1 saturated carbocycles. The van der Waals surface area contributed by atoms with E-state index in [0.717, 1.165) is 25.7 Å². The molecule has 1 aliphatic carbocycles. The van der Waals surface area contributed by atoms with Gasteiger partial charge in [-0.2, -0.15) is 0 Å². The average molecular weight is 311 g/mol. The van der Waals surface area contributed by atoms with E-state index < -0.39 is 15.1 Å². The molecule has 2 fully saturated rings. The van der Waals surface area contributed by atoms with Gasteiger partial charge in [-0.15, -0.1) is 0 Å². The summed E-state index contributed by atoms with van der Waals surface area (Å²) in [4.78, 5) is 14.0. The Kier molecular flexibility index (Phi) is 4.06. The molecule has 0 aromatic carbocycles. The highest BCUT2D eigenvalue weighted by Gasteiger charge is 2.41. The van der Waals surface area contributed by atoms with Crippen molar-refractivity contribution < 1.29 is 17.6 Å². The van der Waals surface area contributed by atoms with Crippen LogP contribution in [0.1, 0.15) is 37.9 Å². The zero-order valence-corrected chi connectivity index (χ0v) is 12.8. The highest BCUT2D eigenvalue weighted by Crippen LogP contribution is 2.29. The van der Waals surface area contributed by atoms with Crippen molar-refractivity contribution in [3.63, 3.8) is 0 Å². The molecule has 0 N–H and O–H groups in total. The van der Waals surface area contributed by atoms with Gasteiger partial charge in [0, 0.05) is 19.0 Å². The van der Waals surface area contributed by atoms with Crippen molar-refractivity contribution in [2.75, 3.05) is 13.1 Å². The fourth-order valence-corrected chi connectivity index (χ4v) is 4.77. The van der Waals surface area contributed by atoms with E-state index in [2.05, 4.69) is 0 Å². The van der Waals surface area contributed by atoms with Crippen LogP contribution >= 0.6 is 0 Å². The van der Waals surface area contributed by atoms with Gasteiger partial charge < -0.3 is 9.32 Å². The van der Waals surface area contributed by atoms with Crippen LogP contribution in [-0.4, -0.2) is 37.6 Å². The highest BCUT2D eigenvalue weighted by molar-refractivity contribution is 7.91. The van der Waals surface area contributed by atoms with Crippen molar-refractivity contribution in [2.24, 2.45) is 5.92 Å². The number of furan rings is 1. The van der Waals surface area contributed by atoms with E-state index in [9.17, 15) is 13.2 Å². The number of rotatable bonds is 4. The first-order valence-corrected chi connectivity index (χ1v) is 9.30. The van der Waals surface area contributed by atoms with Gasteiger partial charge >= 0.3 is 0 Å². The quantitative estimate of drug-likeness (QED) is 0.853. The van der Waals surface area contributed by atoms with Gasteiger partial charge in [-0.05, 0) is 25.0 Å². The minimum atomic E-state index is -3.23. The van der Waals surface area contributed by atoms with Gasteiger partial charge in [-0.3, -0.25) is 4.79 Å². The van der Waals surface area contributed by atoms with E-state index >= 15 is 0 Å². The van der Waals surface area contributed by atoms with Crippen LogP contribution in [0, 0.1) is 5.92 Å². The summed E-state index contributed by atoms with van der Waals surface area (Å²) in [5.41, 5.74) is 0. The molecule has 1 saturated heterocycles. The summed E-state index contributed by atoms with van der Waals surface area (Å²) in [6, 6.07) is 3.35. The lowest BCUT2D eigenvalue weighted by atomic mass is 9.87. The predicted molar refractivity (Wildman–Crippen MR) is 78.3 cm³/mol. The minimum absolute atomic E-state index is 0.0733. The van der Waals surface area contributed by atoms with E-state index in [4.69, 9.17) is 4.42 Å². The predicted octanol–water partition coefficient (Wildman–Crippen LogP) is 1.99. The number of hydrogen-bond donors (Lipinski definition) is 0. The van der Waals surface area contributed by atoms with E-state index in [-0.39, 0.29) is 17.6 Å². The summed E-state index contributed by atoms with van der Waals surface area (Å²) in [6.07, 6.45) is 6.84. The van der Waals surface area contributed by atoms with Gasteiger partial charge in [-0.1, -0.05) is 19.3 Å². The van der Waals surface area contributed by atoms with Crippen molar-refractivity contribution in [3.05, 3.63) is 24.2 Å².